The molecule has 2 atom stereocenters. The number of aromatic nitrogens is 3. The number of ether oxygens (including phenoxy) is 1. The molecule has 0 spiro atoms. The number of para-hydroxylation sites is 1. The Labute approximate surface area is 201 Å². The molecule has 0 aliphatic carbocycles. The fourth-order valence-electron chi connectivity index (χ4n) is 4.53. The van der Waals surface area contributed by atoms with E-state index in [2.05, 4.69) is 42.6 Å². The van der Waals surface area contributed by atoms with Crippen molar-refractivity contribution in [1.82, 2.24) is 14.8 Å². The number of halogens is 1. The summed E-state index contributed by atoms with van der Waals surface area (Å²) in [6, 6.07) is 24.4. The molecule has 5 nitrogen and oxygen atoms in total. The number of nitrogens with zero attached hydrogens (tertiary/aromatic N) is 3. The summed E-state index contributed by atoms with van der Waals surface area (Å²) in [4.78, 5) is 4.75. The number of anilines is 1. The second kappa shape index (κ2) is 7.97. The van der Waals surface area contributed by atoms with Gasteiger partial charge < -0.3 is 10.1 Å². The molecule has 4 aromatic rings. The Morgan fingerprint density at radius 3 is 2.45 bits per heavy atom. The van der Waals surface area contributed by atoms with E-state index in [0.29, 0.717) is 5.02 Å². The lowest BCUT2D eigenvalue weighted by Crippen LogP contribution is -2.32. The third kappa shape index (κ3) is 3.41. The molecule has 6 rings (SSSR count). The molecule has 1 N–H and O–H groups in total. The maximum absolute atomic E-state index is 6.64. The molecule has 3 heterocycles. The average Bonchev–Trinajstić information content (AvgIpc) is 3.26. The van der Waals surface area contributed by atoms with Crippen LogP contribution < -0.4 is 10.1 Å². The van der Waals surface area contributed by atoms with Crippen molar-refractivity contribution in [3.8, 4) is 5.75 Å². The van der Waals surface area contributed by atoms with Crippen molar-refractivity contribution in [1.29, 1.82) is 0 Å². The van der Waals surface area contributed by atoms with Gasteiger partial charge >= 0.3 is 0 Å². The Bertz CT molecular complexity index is 1380. The molecular weight excluding hydrogens is 452 g/mol. The van der Waals surface area contributed by atoms with E-state index in [1.54, 1.807) is 0 Å². The van der Waals surface area contributed by atoms with Crippen molar-refractivity contribution in [3.63, 3.8) is 0 Å². The standard InChI is InChI=1S/C26H21ClN4OS/c1-15-7-9-16(10-8-15)23-21-22(28-25-29-26(33-2)30-31(23)25)19-5-3-4-6-20(19)32-24(21)17-11-13-18(27)14-12-17/h3-14,23-24H,1-2H3,(H,28,29,30)/t23-,24+/m0/s1. The van der Waals surface area contributed by atoms with Crippen LogP contribution >= 0.6 is 23.4 Å². The van der Waals surface area contributed by atoms with Gasteiger partial charge in [0.15, 0.2) is 0 Å². The fourth-order valence-corrected chi connectivity index (χ4v) is 5.00. The van der Waals surface area contributed by atoms with Crippen molar-refractivity contribution in [2.75, 3.05) is 11.6 Å². The monoisotopic (exact) mass is 472 g/mol. The topological polar surface area (TPSA) is 52.0 Å². The van der Waals surface area contributed by atoms with E-state index in [1.807, 2.05) is 53.4 Å². The van der Waals surface area contributed by atoms with Crippen LogP contribution in [0.5, 0.6) is 5.75 Å². The maximum atomic E-state index is 6.64. The summed E-state index contributed by atoms with van der Waals surface area (Å²) >= 11 is 7.74. The minimum absolute atomic E-state index is 0.167. The minimum atomic E-state index is -0.305. The van der Waals surface area contributed by atoms with Crippen LogP contribution in [0.1, 0.15) is 34.4 Å². The number of thioether (sulfide) groups is 1. The average molecular weight is 473 g/mol. The van der Waals surface area contributed by atoms with Gasteiger partial charge in [-0.25, -0.2) is 4.68 Å². The first-order valence-electron chi connectivity index (χ1n) is 10.7. The largest absolute Gasteiger partial charge is 0.480 e. The SMILES string of the molecule is CSc1nc2n(n1)[C@@H](c1ccc(C)cc1)C1=C(N2)c2ccccc2O[C@@H]1c1ccc(Cl)cc1. The number of rotatable bonds is 3. The van der Waals surface area contributed by atoms with Gasteiger partial charge in [-0.15, -0.1) is 5.10 Å². The van der Waals surface area contributed by atoms with Gasteiger partial charge in [0.2, 0.25) is 11.1 Å². The van der Waals surface area contributed by atoms with E-state index in [0.717, 1.165) is 44.8 Å². The highest BCUT2D eigenvalue weighted by Crippen LogP contribution is 2.50. The van der Waals surface area contributed by atoms with Crippen LogP contribution in [0.4, 0.5) is 5.95 Å². The molecule has 0 bridgehead atoms. The van der Waals surface area contributed by atoms with Crippen molar-refractivity contribution < 1.29 is 4.74 Å². The lowest BCUT2D eigenvalue weighted by Gasteiger charge is -2.39. The Kier molecular flexibility index (Phi) is 4.93. The molecule has 1 aromatic heterocycles. The molecule has 33 heavy (non-hydrogen) atoms. The third-order valence-electron chi connectivity index (χ3n) is 6.11. The molecule has 0 unspecified atom stereocenters. The summed E-state index contributed by atoms with van der Waals surface area (Å²) in [5, 5.41) is 9.84. The molecule has 3 aromatic carbocycles. The molecule has 0 radical (unpaired) electrons. The summed E-state index contributed by atoms with van der Waals surface area (Å²) < 4.78 is 8.62. The highest BCUT2D eigenvalue weighted by Gasteiger charge is 2.41. The van der Waals surface area contributed by atoms with Crippen molar-refractivity contribution in [2.45, 2.75) is 24.2 Å². The Balaban J connectivity index is 1.62. The maximum Gasteiger partial charge on any atom is 0.227 e. The van der Waals surface area contributed by atoms with Crippen molar-refractivity contribution >= 4 is 35.0 Å². The summed E-state index contributed by atoms with van der Waals surface area (Å²) in [6.07, 6.45) is 1.69. The van der Waals surface area contributed by atoms with Gasteiger partial charge in [0.25, 0.3) is 0 Å². The van der Waals surface area contributed by atoms with E-state index in [9.17, 15) is 0 Å². The summed E-state index contributed by atoms with van der Waals surface area (Å²) in [6.45, 7) is 2.10. The zero-order chi connectivity index (χ0) is 22.5. The van der Waals surface area contributed by atoms with E-state index < -0.39 is 0 Å². The first kappa shape index (κ1) is 20.4. The van der Waals surface area contributed by atoms with Crippen molar-refractivity contribution in [3.05, 3.63) is 106 Å². The molecule has 0 amide bonds. The van der Waals surface area contributed by atoms with Gasteiger partial charge in [0.05, 0.1) is 5.70 Å². The first-order valence-corrected chi connectivity index (χ1v) is 12.3. The summed E-state index contributed by atoms with van der Waals surface area (Å²) in [5.74, 6) is 1.57. The van der Waals surface area contributed by atoms with Crippen LogP contribution in [0.15, 0.2) is 83.5 Å². The number of hydrogen-bond donors (Lipinski definition) is 1. The van der Waals surface area contributed by atoms with Crippen LogP contribution in [0, 0.1) is 6.92 Å². The second-order valence-electron chi connectivity index (χ2n) is 8.18. The number of hydrogen-bond acceptors (Lipinski definition) is 5. The molecular formula is C26H21ClN4OS. The fraction of sp³-hybridized carbons (Fsp3) is 0.154. The van der Waals surface area contributed by atoms with Gasteiger partial charge in [0.1, 0.15) is 17.9 Å². The molecule has 0 fully saturated rings. The van der Waals surface area contributed by atoms with Gasteiger partial charge in [-0.2, -0.15) is 4.98 Å². The molecule has 0 saturated carbocycles. The predicted molar refractivity (Wildman–Crippen MR) is 133 cm³/mol. The van der Waals surface area contributed by atoms with Gasteiger partial charge in [-0.3, -0.25) is 0 Å². The van der Waals surface area contributed by atoms with Crippen LogP contribution in [-0.4, -0.2) is 21.0 Å². The number of fused-ring (bicyclic) bond motifs is 3. The number of nitrogens with one attached hydrogen (secondary N) is 1. The van der Waals surface area contributed by atoms with E-state index >= 15 is 0 Å². The Morgan fingerprint density at radius 2 is 1.70 bits per heavy atom. The van der Waals surface area contributed by atoms with Crippen LogP contribution in [0.3, 0.4) is 0 Å². The van der Waals surface area contributed by atoms with Crippen LogP contribution in [-0.2, 0) is 0 Å². The zero-order valence-corrected chi connectivity index (χ0v) is 19.7. The molecule has 0 saturated heterocycles. The second-order valence-corrected chi connectivity index (χ2v) is 9.39. The highest BCUT2D eigenvalue weighted by atomic mass is 35.5. The van der Waals surface area contributed by atoms with Gasteiger partial charge in [-0.05, 0) is 48.6 Å². The van der Waals surface area contributed by atoms with E-state index in [4.69, 9.17) is 26.4 Å². The third-order valence-corrected chi connectivity index (χ3v) is 6.90. The normalized spacial score (nSPS) is 18.6. The van der Waals surface area contributed by atoms with Gasteiger partial charge in [0, 0.05) is 16.2 Å². The van der Waals surface area contributed by atoms with Crippen LogP contribution in [0.2, 0.25) is 5.02 Å². The summed E-state index contributed by atoms with van der Waals surface area (Å²) in [5.41, 5.74) is 6.53. The molecule has 164 valence electrons. The predicted octanol–water partition coefficient (Wildman–Crippen LogP) is 6.52. The Morgan fingerprint density at radius 1 is 0.970 bits per heavy atom. The Hall–Kier alpha value is -3.22. The number of aryl methyl sites for hydroxylation is 1. The minimum Gasteiger partial charge on any atom is -0.480 e. The lowest BCUT2D eigenvalue weighted by molar-refractivity contribution is 0.223. The first-order chi connectivity index (χ1) is 16.1. The van der Waals surface area contributed by atoms with E-state index in [-0.39, 0.29) is 12.1 Å². The molecule has 2 aliphatic heterocycles. The summed E-state index contributed by atoms with van der Waals surface area (Å²) in [7, 11) is 0. The van der Waals surface area contributed by atoms with E-state index in [1.165, 1.54) is 17.3 Å². The van der Waals surface area contributed by atoms with Gasteiger partial charge in [-0.1, -0.05) is 77.5 Å². The number of benzene rings is 3. The highest BCUT2D eigenvalue weighted by molar-refractivity contribution is 7.98. The van der Waals surface area contributed by atoms with Crippen LogP contribution in [0.25, 0.3) is 5.70 Å². The lowest BCUT2D eigenvalue weighted by atomic mass is 9.84. The zero-order valence-electron chi connectivity index (χ0n) is 18.1. The van der Waals surface area contributed by atoms with Crippen molar-refractivity contribution in [2.24, 2.45) is 0 Å². The quantitative estimate of drug-likeness (QED) is 0.344. The molecule has 7 heteroatoms. The molecule has 2 aliphatic rings. The smallest absolute Gasteiger partial charge is 0.227 e.